The predicted molar refractivity (Wildman–Crippen MR) is 106 cm³/mol. The maximum atomic E-state index is 11.7. The third kappa shape index (κ3) is 4.35. The zero-order valence-electron chi connectivity index (χ0n) is 15.6. The van der Waals surface area contributed by atoms with Gasteiger partial charge in [-0.05, 0) is 37.6 Å². The summed E-state index contributed by atoms with van der Waals surface area (Å²) in [7, 11) is 1.65. The molecule has 0 aliphatic heterocycles. The number of carbonyl (C=O) groups excluding carboxylic acids is 1. The highest BCUT2D eigenvalue weighted by Gasteiger charge is 2.23. The first-order chi connectivity index (χ1) is 12.9. The first-order valence-electron chi connectivity index (χ1n) is 8.65. The maximum Gasteiger partial charge on any atom is 0.271 e. The molecule has 0 saturated carbocycles. The van der Waals surface area contributed by atoms with E-state index in [9.17, 15) is 9.90 Å². The molecule has 140 valence electrons. The van der Waals surface area contributed by atoms with Crippen molar-refractivity contribution in [3.63, 3.8) is 0 Å². The molecule has 0 atom stereocenters. The van der Waals surface area contributed by atoms with Gasteiger partial charge < -0.3 is 14.4 Å². The lowest BCUT2D eigenvalue weighted by molar-refractivity contribution is -0.136. The Morgan fingerprint density at radius 1 is 1.26 bits per heavy atom. The number of rotatable bonds is 6. The molecule has 0 unspecified atom stereocenters. The van der Waals surface area contributed by atoms with Crippen molar-refractivity contribution in [3.05, 3.63) is 65.9 Å². The molecular formula is C21H23N3O3. The van der Waals surface area contributed by atoms with Crippen molar-refractivity contribution in [1.82, 2.24) is 9.99 Å². The Hall–Kier alpha value is -3.12. The van der Waals surface area contributed by atoms with Crippen molar-refractivity contribution in [3.8, 4) is 5.75 Å². The smallest absolute Gasteiger partial charge is 0.271 e. The van der Waals surface area contributed by atoms with Gasteiger partial charge in [0, 0.05) is 29.2 Å². The van der Waals surface area contributed by atoms with Gasteiger partial charge >= 0.3 is 0 Å². The maximum absolute atomic E-state index is 11.7. The summed E-state index contributed by atoms with van der Waals surface area (Å²) in [6.07, 6.45) is 3.58. The Morgan fingerprint density at radius 3 is 2.78 bits per heavy atom. The molecule has 1 aromatic heterocycles. The molecule has 3 rings (SSSR count). The number of hydrogen-bond acceptors (Lipinski definition) is 4. The Kier molecular flexibility index (Phi) is 5.28. The summed E-state index contributed by atoms with van der Waals surface area (Å²) in [4.78, 5) is 11.7. The second-order valence-electron chi connectivity index (χ2n) is 6.84. The highest BCUT2D eigenvalue weighted by molar-refractivity contribution is 5.99. The van der Waals surface area contributed by atoms with E-state index in [0.717, 1.165) is 27.8 Å². The van der Waals surface area contributed by atoms with E-state index >= 15 is 0 Å². The van der Waals surface area contributed by atoms with Gasteiger partial charge in [0.05, 0.1) is 13.3 Å². The second-order valence-corrected chi connectivity index (χ2v) is 6.84. The average molecular weight is 365 g/mol. The molecule has 0 spiro atoms. The zero-order valence-corrected chi connectivity index (χ0v) is 15.6. The van der Waals surface area contributed by atoms with Gasteiger partial charge in [0.15, 0.2) is 0 Å². The van der Waals surface area contributed by atoms with Crippen LogP contribution in [0.3, 0.4) is 0 Å². The van der Waals surface area contributed by atoms with E-state index in [4.69, 9.17) is 4.74 Å². The van der Waals surface area contributed by atoms with E-state index in [2.05, 4.69) is 21.2 Å². The standard InChI is InChI=1S/C21H23N3O3/c1-21(2,26)20(25)23-22-12-16-14-24(19-10-5-4-9-18(16)19)13-15-7-6-8-17(11-15)27-3/h4-12,14,26H,13H2,1-3H3,(H,23,25). The van der Waals surface area contributed by atoms with Crippen molar-refractivity contribution >= 4 is 23.0 Å². The van der Waals surface area contributed by atoms with Crippen LogP contribution in [0, 0.1) is 0 Å². The third-order valence-corrected chi connectivity index (χ3v) is 4.23. The molecular weight excluding hydrogens is 342 g/mol. The van der Waals surface area contributed by atoms with E-state index in [1.54, 1.807) is 13.3 Å². The summed E-state index contributed by atoms with van der Waals surface area (Å²) >= 11 is 0. The molecule has 27 heavy (non-hydrogen) atoms. The summed E-state index contributed by atoms with van der Waals surface area (Å²) in [6, 6.07) is 15.9. The molecule has 0 aliphatic carbocycles. The number of aliphatic hydroxyl groups is 1. The lowest BCUT2D eigenvalue weighted by Gasteiger charge is -2.13. The van der Waals surface area contributed by atoms with Crippen LogP contribution in [0.4, 0.5) is 0 Å². The van der Waals surface area contributed by atoms with Gasteiger partial charge in [-0.1, -0.05) is 30.3 Å². The number of ether oxygens (including phenoxy) is 1. The van der Waals surface area contributed by atoms with Crippen LogP contribution in [-0.4, -0.2) is 34.5 Å². The first-order valence-corrected chi connectivity index (χ1v) is 8.65. The molecule has 0 bridgehead atoms. The fraction of sp³-hybridized carbons (Fsp3) is 0.238. The number of nitrogens with zero attached hydrogens (tertiary/aromatic N) is 2. The predicted octanol–water partition coefficient (Wildman–Crippen LogP) is 2.92. The van der Waals surface area contributed by atoms with Gasteiger partial charge in [-0.2, -0.15) is 5.10 Å². The van der Waals surface area contributed by atoms with Crippen LogP contribution in [0.25, 0.3) is 10.9 Å². The lowest BCUT2D eigenvalue weighted by atomic mass is 10.1. The SMILES string of the molecule is COc1cccc(Cn2cc(C=NNC(=O)C(C)(C)O)c3ccccc32)c1. The van der Waals surface area contributed by atoms with Crippen LogP contribution < -0.4 is 10.2 Å². The van der Waals surface area contributed by atoms with Gasteiger partial charge in [0.2, 0.25) is 0 Å². The molecule has 2 N–H and O–H groups in total. The number of methoxy groups -OCH3 is 1. The third-order valence-electron chi connectivity index (χ3n) is 4.23. The molecule has 3 aromatic rings. The number of benzene rings is 2. The molecule has 6 heteroatoms. The van der Waals surface area contributed by atoms with Crippen LogP contribution in [0.1, 0.15) is 25.0 Å². The second kappa shape index (κ2) is 7.63. The van der Waals surface area contributed by atoms with Crippen LogP contribution in [0.5, 0.6) is 5.75 Å². The fourth-order valence-corrected chi connectivity index (χ4v) is 2.77. The minimum Gasteiger partial charge on any atom is -0.497 e. The Morgan fingerprint density at radius 2 is 2.04 bits per heavy atom. The number of hydrogen-bond donors (Lipinski definition) is 2. The number of para-hydroxylation sites is 1. The quantitative estimate of drug-likeness (QED) is 0.521. The minimum atomic E-state index is -1.47. The van der Waals surface area contributed by atoms with Gasteiger partial charge in [-0.15, -0.1) is 0 Å². The molecule has 6 nitrogen and oxygen atoms in total. The van der Waals surface area contributed by atoms with Crippen LogP contribution in [0.2, 0.25) is 0 Å². The summed E-state index contributed by atoms with van der Waals surface area (Å²) in [6.45, 7) is 3.51. The molecule has 0 saturated heterocycles. The molecule has 0 radical (unpaired) electrons. The largest absolute Gasteiger partial charge is 0.497 e. The van der Waals surface area contributed by atoms with Gasteiger partial charge in [0.1, 0.15) is 11.4 Å². The molecule has 1 heterocycles. The highest BCUT2D eigenvalue weighted by Crippen LogP contribution is 2.22. The van der Waals surface area contributed by atoms with Crippen molar-refractivity contribution < 1.29 is 14.6 Å². The Bertz CT molecular complexity index is 984. The van der Waals surface area contributed by atoms with Crippen molar-refractivity contribution in [2.75, 3.05) is 7.11 Å². The normalized spacial score (nSPS) is 11.9. The van der Waals surface area contributed by atoms with E-state index < -0.39 is 11.5 Å². The zero-order chi connectivity index (χ0) is 19.4. The molecule has 2 aromatic carbocycles. The summed E-state index contributed by atoms with van der Waals surface area (Å²) in [5.41, 5.74) is 3.95. The van der Waals surface area contributed by atoms with Crippen molar-refractivity contribution in [2.45, 2.75) is 26.0 Å². The fourth-order valence-electron chi connectivity index (χ4n) is 2.77. The van der Waals surface area contributed by atoms with E-state index in [0.29, 0.717) is 6.54 Å². The van der Waals surface area contributed by atoms with Gasteiger partial charge in [-0.25, -0.2) is 5.43 Å². The van der Waals surface area contributed by atoms with Crippen LogP contribution >= 0.6 is 0 Å². The monoisotopic (exact) mass is 365 g/mol. The first kappa shape index (κ1) is 18.7. The average Bonchev–Trinajstić information content (AvgIpc) is 2.99. The minimum absolute atomic E-state index is 0.557. The molecule has 1 amide bonds. The van der Waals surface area contributed by atoms with E-state index in [-0.39, 0.29) is 0 Å². The summed E-state index contributed by atoms with van der Waals surface area (Å²) in [5, 5.41) is 14.7. The van der Waals surface area contributed by atoms with Gasteiger partial charge in [0.25, 0.3) is 5.91 Å². The lowest BCUT2D eigenvalue weighted by Crippen LogP contribution is -2.39. The number of fused-ring (bicyclic) bond motifs is 1. The highest BCUT2D eigenvalue weighted by atomic mass is 16.5. The Balaban J connectivity index is 1.88. The number of hydrazone groups is 1. The summed E-state index contributed by atoms with van der Waals surface area (Å²) < 4.78 is 7.43. The number of nitrogens with one attached hydrogen (secondary N) is 1. The molecule has 0 fully saturated rings. The van der Waals surface area contributed by atoms with Crippen LogP contribution in [0.15, 0.2) is 59.8 Å². The number of carbonyl (C=O) groups is 1. The van der Waals surface area contributed by atoms with E-state index in [1.807, 2.05) is 48.7 Å². The Labute approximate surface area is 158 Å². The van der Waals surface area contributed by atoms with Crippen molar-refractivity contribution in [1.29, 1.82) is 0 Å². The summed E-state index contributed by atoms with van der Waals surface area (Å²) in [5.74, 6) is 0.263. The van der Waals surface area contributed by atoms with E-state index in [1.165, 1.54) is 13.8 Å². The topological polar surface area (TPSA) is 75.8 Å². The van der Waals surface area contributed by atoms with Crippen molar-refractivity contribution in [2.24, 2.45) is 5.10 Å². The number of aromatic nitrogens is 1. The molecule has 0 aliphatic rings. The van der Waals surface area contributed by atoms with Gasteiger partial charge in [-0.3, -0.25) is 4.79 Å². The number of amides is 1. The van der Waals surface area contributed by atoms with Crippen LogP contribution in [-0.2, 0) is 11.3 Å².